The fourth-order valence-corrected chi connectivity index (χ4v) is 4.99. The van der Waals surface area contributed by atoms with Crippen molar-refractivity contribution in [1.29, 1.82) is 0 Å². The van der Waals surface area contributed by atoms with E-state index in [1.54, 1.807) is 12.1 Å². The van der Waals surface area contributed by atoms with Crippen LogP contribution in [0.3, 0.4) is 0 Å². The van der Waals surface area contributed by atoms with Crippen LogP contribution < -0.4 is 10.6 Å². The maximum Gasteiger partial charge on any atom is 0.315 e. The monoisotopic (exact) mass is 450 g/mol. The molecule has 3 amide bonds. The third-order valence-corrected chi connectivity index (χ3v) is 7.14. The average Bonchev–Trinajstić information content (AvgIpc) is 2.77. The number of urea groups is 1. The van der Waals surface area contributed by atoms with Crippen molar-refractivity contribution in [3.05, 3.63) is 65.2 Å². The second kappa shape index (κ2) is 9.92. The Morgan fingerprint density at radius 2 is 1.53 bits per heavy atom. The van der Waals surface area contributed by atoms with Gasteiger partial charge in [-0.1, -0.05) is 54.1 Å². The lowest BCUT2D eigenvalue weighted by atomic mass is 10.2. The van der Waals surface area contributed by atoms with Crippen LogP contribution in [0.4, 0.5) is 4.79 Å². The summed E-state index contributed by atoms with van der Waals surface area (Å²) in [6, 6.07) is 15.3. The lowest BCUT2D eigenvalue weighted by Gasteiger charge is -2.34. The summed E-state index contributed by atoms with van der Waals surface area (Å²) in [6.45, 7) is 1.03. The Morgan fingerprint density at radius 1 is 0.900 bits per heavy atom. The molecule has 0 bridgehead atoms. The van der Waals surface area contributed by atoms with E-state index in [0.717, 1.165) is 5.56 Å². The topological polar surface area (TPSA) is 98.8 Å². The zero-order valence-corrected chi connectivity index (χ0v) is 17.8. The number of hydrogen-bond acceptors (Lipinski definition) is 4. The summed E-state index contributed by atoms with van der Waals surface area (Å²) in [7, 11) is -3.72. The van der Waals surface area contributed by atoms with Crippen LogP contribution in [0.15, 0.2) is 59.5 Å². The molecular formula is C20H23ClN4O4S. The van der Waals surface area contributed by atoms with E-state index in [2.05, 4.69) is 10.6 Å². The van der Waals surface area contributed by atoms with Crippen molar-refractivity contribution in [3.8, 4) is 0 Å². The van der Waals surface area contributed by atoms with Gasteiger partial charge in [0.15, 0.2) is 0 Å². The number of carbonyl (C=O) groups is 2. The Kier molecular flexibility index (Phi) is 7.30. The van der Waals surface area contributed by atoms with Crippen LogP contribution in [-0.2, 0) is 21.4 Å². The second-order valence-electron chi connectivity index (χ2n) is 6.74. The van der Waals surface area contributed by atoms with Gasteiger partial charge in [0.1, 0.15) is 4.90 Å². The highest BCUT2D eigenvalue weighted by Gasteiger charge is 2.31. The van der Waals surface area contributed by atoms with Gasteiger partial charge in [-0.05, 0) is 17.7 Å². The van der Waals surface area contributed by atoms with Gasteiger partial charge in [-0.15, -0.1) is 0 Å². The minimum atomic E-state index is -3.72. The number of halogens is 1. The summed E-state index contributed by atoms with van der Waals surface area (Å²) in [4.78, 5) is 25.8. The van der Waals surface area contributed by atoms with Crippen LogP contribution in [0.25, 0.3) is 0 Å². The van der Waals surface area contributed by atoms with Crippen LogP contribution in [0.1, 0.15) is 5.56 Å². The van der Waals surface area contributed by atoms with Crippen molar-refractivity contribution < 1.29 is 18.0 Å². The number of benzene rings is 2. The first-order valence-corrected chi connectivity index (χ1v) is 11.3. The zero-order valence-electron chi connectivity index (χ0n) is 16.3. The first-order chi connectivity index (χ1) is 14.4. The lowest BCUT2D eigenvalue weighted by Crippen LogP contribution is -2.53. The molecule has 0 unspecified atom stereocenters. The molecule has 0 atom stereocenters. The van der Waals surface area contributed by atoms with Crippen molar-refractivity contribution in [1.82, 2.24) is 19.8 Å². The number of piperazine rings is 1. The molecule has 3 rings (SSSR count). The highest BCUT2D eigenvalue weighted by molar-refractivity contribution is 7.89. The summed E-state index contributed by atoms with van der Waals surface area (Å²) in [5.74, 6) is -0.264. The van der Waals surface area contributed by atoms with E-state index in [1.807, 2.05) is 30.3 Å². The van der Waals surface area contributed by atoms with Gasteiger partial charge >= 0.3 is 6.03 Å². The second-order valence-corrected chi connectivity index (χ2v) is 9.05. The van der Waals surface area contributed by atoms with Crippen molar-refractivity contribution in [2.45, 2.75) is 11.4 Å². The van der Waals surface area contributed by atoms with E-state index >= 15 is 0 Å². The molecule has 30 heavy (non-hydrogen) atoms. The Morgan fingerprint density at radius 3 is 2.20 bits per heavy atom. The molecule has 8 nitrogen and oxygen atoms in total. The van der Waals surface area contributed by atoms with E-state index < -0.39 is 16.1 Å². The van der Waals surface area contributed by atoms with E-state index in [1.165, 1.54) is 21.3 Å². The smallest absolute Gasteiger partial charge is 0.315 e. The Hall–Kier alpha value is -2.62. The molecule has 0 saturated carbocycles. The highest BCUT2D eigenvalue weighted by atomic mass is 35.5. The normalized spacial score (nSPS) is 14.9. The molecule has 2 N–H and O–H groups in total. The fraction of sp³-hybridized carbons (Fsp3) is 0.300. The quantitative estimate of drug-likeness (QED) is 0.699. The van der Waals surface area contributed by atoms with Gasteiger partial charge in [-0.25, -0.2) is 13.2 Å². The summed E-state index contributed by atoms with van der Waals surface area (Å²) in [6.07, 6.45) is 0. The van der Waals surface area contributed by atoms with Crippen LogP contribution >= 0.6 is 11.6 Å². The molecule has 2 aromatic rings. The molecule has 1 saturated heterocycles. The molecule has 1 fully saturated rings. The maximum atomic E-state index is 12.8. The van der Waals surface area contributed by atoms with E-state index in [-0.39, 0.29) is 48.5 Å². The van der Waals surface area contributed by atoms with E-state index in [0.29, 0.717) is 6.54 Å². The molecule has 0 spiro atoms. The number of hydrogen-bond donors (Lipinski definition) is 2. The van der Waals surface area contributed by atoms with Crippen molar-refractivity contribution in [3.63, 3.8) is 0 Å². The zero-order chi connectivity index (χ0) is 21.6. The summed E-state index contributed by atoms with van der Waals surface area (Å²) < 4.78 is 26.8. The van der Waals surface area contributed by atoms with Crippen molar-refractivity contribution in [2.75, 3.05) is 32.7 Å². The van der Waals surface area contributed by atoms with Crippen molar-refractivity contribution >= 4 is 33.6 Å². The van der Waals surface area contributed by atoms with Crippen LogP contribution in [0, 0.1) is 0 Å². The van der Waals surface area contributed by atoms with E-state index in [9.17, 15) is 18.0 Å². The van der Waals surface area contributed by atoms with Gasteiger partial charge in [-0.3, -0.25) is 4.79 Å². The van der Waals surface area contributed by atoms with Gasteiger partial charge < -0.3 is 15.5 Å². The molecule has 0 radical (unpaired) electrons. The van der Waals surface area contributed by atoms with Gasteiger partial charge in [0.25, 0.3) is 0 Å². The minimum absolute atomic E-state index is 0.0585. The minimum Gasteiger partial charge on any atom is -0.339 e. The van der Waals surface area contributed by atoms with Crippen LogP contribution in [0.2, 0.25) is 5.02 Å². The third kappa shape index (κ3) is 5.50. The van der Waals surface area contributed by atoms with Crippen LogP contribution in [-0.4, -0.2) is 62.3 Å². The molecule has 1 heterocycles. The van der Waals surface area contributed by atoms with Crippen LogP contribution in [0.5, 0.6) is 0 Å². The van der Waals surface area contributed by atoms with E-state index in [4.69, 9.17) is 11.6 Å². The van der Waals surface area contributed by atoms with Gasteiger partial charge in [0, 0.05) is 32.7 Å². The first kappa shape index (κ1) is 22.1. The van der Waals surface area contributed by atoms with Gasteiger partial charge in [0.2, 0.25) is 15.9 Å². The SMILES string of the molecule is O=C(NCC(=O)N1CCN(S(=O)(=O)c2ccccc2Cl)CC1)NCc1ccccc1. The molecule has 0 aromatic heterocycles. The molecule has 0 aliphatic carbocycles. The number of nitrogens with zero attached hydrogens (tertiary/aromatic N) is 2. The number of nitrogens with one attached hydrogen (secondary N) is 2. The molecule has 10 heteroatoms. The summed E-state index contributed by atoms with van der Waals surface area (Å²) in [5.41, 5.74) is 0.954. The molecule has 160 valence electrons. The summed E-state index contributed by atoms with van der Waals surface area (Å²) >= 11 is 6.03. The number of rotatable bonds is 6. The molecule has 1 aliphatic heterocycles. The van der Waals surface area contributed by atoms with Crippen molar-refractivity contribution in [2.24, 2.45) is 0 Å². The number of amides is 3. The predicted molar refractivity (Wildman–Crippen MR) is 113 cm³/mol. The van der Waals surface area contributed by atoms with Gasteiger partial charge in [0.05, 0.1) is 11.6 Å². The maximum absolute atomic E-state index is 12.8. The fourth-order valence-electron chi connectivity index (χ4n) is 3.08. The average molecular weight is 451 g/mol. The largest absolute Gasteiger partial charge is 0.339 e. The Balaban J connectivity index is 1.45. The highest BCUT2D eigenvalue weighted by Crippen LogP contribution is 2.24. The number of sulfonamides is 1. The Labute approximate surface area is 180 Å². The molecule has 1 aliphatic rings. The standard InChI is InChI=1S/C20H23ClN4O4S/c21-17-8-4-5-9-18(17)30(28,29)25-12-10-24(11-13-25)19(26)15-23-20(27)22-14-16-6-2-1-3-7-16/h1-9H,10-15H2,(H2,22,23,27). The molecule has 2 aromatic carbocycles. The Bertz CT molecular complexity index is 993. The first-order valence-electron chi connectivity index (χ1n) is 9.46. The lowest BCUT2D eigenvalue weighted by molar-refractivity contribution is -0.131. The number of carbonyl (C=O) groups excluding carboxylic acids is 2. The third-order valence-electron chi connectivity index (χ3n) is 4.74. The summed E-state index contributed by atoms with van der Waals surface area (Å²) in [5, 5.41) is 5.39. The van der Waals surface area contributed by atoms with Gasteiger partial charge in [-0.2, -0.15) is 4.31 Å². The predicted octanol–water partition coefficient (Wildman–Crippen LogP) is 1.67. The molecular weight excluding hydrogens is 428 g/mol.